The van der Waals surface area contributed by atoms with E-state index in [0.29, 0.717) is 6.42 Å². The monoisotopic (exact) mass is 608 g/mol. The molecule has 0 amide bonds. The Labute approximate surface area is 262 Å². The molecule has 3 rings (SSSR count). The Morgan fingerprint density at radius 1 is 1.05 bits per heavy atom. The first-order valence-corrected chi connectivity index (χ1v) is 17.0. The molecule has 2 atom stereocenters. The van der Waals surface area contributed by atoms with Crippen LogP contribution in [0.3, 0.4) is 0 Å². The highest BCUT2D eigenvalue weighted by Crippen LogP contribution is 2.43. The van der Waals surface area contributed by atoms with Gasteiger partial charge >= 0.3 is 5.97 Å². The molecular weight excluding hydrogens is 548 g/mol. The van der Waals surface area contributed by atoms with Crippen LogP contribution in [-0.4, -0.2) is 68.7 Å². The number of halogens is 1. The Morgan fingerprint density at radius 3 is 2.29 bits per heavy atom. The van der Waals surface area contributed by atoms with Crippen molar-refractivity contribution in [2.24, 2.45) is 11.3 Å². The minimum Gasteiger partial charge on any atom is -0.462 e. The summed E-state index contributed by atoms with van der Waals surface area (Å²) in [5.74, 6) is 1.10. The predicted octanol–water partition coefficient (Wildman–Crippen LogP) is 8.59. The minimum atomic E-state index is -0.208. The van der Waals surface area contributed by atoms with Gasteiger partial charge in [0.05, 0.1) is 5.41 Å². The second-order valence-electron chi connectivity index (χ2n) is 12.3. The number of rotatable bonds is 15. The number of nitrogens with zero attached hydrogens (tertiary/aromatic N) is 2. The first-order valence-electron chi connectivity index (χ1n) is 16.6. The maximum atomic E-state index is 12.6. The van der Waals surface area contributed by atoms with E-state index in [1.54, 1.807) is 6.92 Å². The van der Waals surface area contributed by atoms with E-state index in [-0.39, 0.29) is 23.3 Å². The number of carbonyl (C=O) groups is 2. The van der Waals surface area contributed by atoms with Gasteiger partial charge in [0.2, 0.25) is 0 Å². The van der Waals surface area contributed by atoms with E-state index in [1.807, 2.05) is 25.1 Å². The summed E-state index contributed by atoms with van der Waals surface area (Å²) in [4.78, 5) is 27.3. The molecule has 7 heteroatoms. The predicted molar refractivity (Wildman–Crippen MR) is 178 cm³/mol. The van der Waals surface area contributed by atoms with Gasteiger partial charge in [-0.2, -0.15) is 0 Å². The third-order valence-corrected chi connectivity index (χ3v) is 8.30. The van der Waals surface area contributed by atoms with Gasteiger partial charge < -0.3 is 19.2 Å². The number of ether oxygens (including phenoxy) is 2. The van der Waals surface area contributed by atoms with Gasteiger partial charge in [-0.1, -0.05) is 78.5 Å². The van der Waals surface area contributed by atoms with Crippen LogP contribution in [0.4, 0.5) is 5.69 Å². The summed E-state index contributed by atoms with van der Waals surface area (Å²) < 4.78 is 11.1. The number of hydrogen-bond donors (Lipinski definition) is 0. The van der Waals surface area contributed by atoms with Crippen molar-refractivity contribution >= 4 is 29.0 Å². The Morgan fingerprint density at radius 2 is 1.74 bits per heavy atom. The summed E-state index contributed by atoms with van der Waals surface area (Å²) in [6.07, 6.45) is 10.2. The maximum absolute atomic E-state index is 12.6. The van der Waals surface area contributed by atoms with E-state index in [0.717, 1.165) is 108 Å². The lowest BCUT2D eigenvalue weighted by atomic mass is 9.76. The quantitative estimate of drug-likeness (QED) is 0.147. The van der Waals surface area contributed by atoms with Gasteiger partial charge in [-0.3, -0.25) is 9.69 Å². The van der Waals surface area contributed by atoms with Crippen LogP contribution in [0, 0.1) is 11.3 Å². The standard InChI is InChI=1S/C23H35ClN2O2.C8H18O.C4H8O/c1-3-5-11-23(10-4-2)18-21(28-22(23)27)9-12-25-13-15-26(16-14-25)20-8-6-7-19(24)17-20;1-4-6-9-7-5-8(2)3;1-3-4(2)5/h6-8,17,21H,3-5,9-16,18H2,1-2H3;8H,4-7H2,1-3H3;3H2,1-2H3. The molecule has 2 saturated heterocycles. The van der Waals surface area contributed by atoms with Crippen LogP contribution in [0.1, 0.15) is 113 Å². The molecule has 0 bridgehead atoms. The topological polar surface area (TPSA) is 59.1 Å². The fourth-order valence-electron chi connectivity index (χ4n) is 5.32. The Kier molecular flexibility index (Phi) is 20.1. The fourth-order valence-corrected chi connectivity index (χ4v) is 5.50. The molecule has 2 aliphatic heterocycles. The van der Waals surface area contributed by atoms with Crippen LogP contribution in [0.5, 0.6) is 0 Å². The second kappa shape index (κ2) is 22.0. The summed E-state index contributed by atoms with van der Waals surface area (Å²) >= 11 is 6.13. The van der Waals surface area contributed by atoms with Crippen LogP contribution in [-0.2, 0) is 19.1 Å². The van der Waals surface area contributed by atoms with Gasteiger partial charge in [0, 0.05) is 69.5 Å². The smallest absolute Gasteiger partial charge is 0.312 e. The number of esters is 1. The molecule has 2 fully saturated rings. The number of unbranched alkanes of at least 4 members (excludes halogenated alkanes) is 1. The van der Waals surface area contributed by atoms with E-state index >= 15 is 0 Å². The van der Waals surface area contributed by atoms with E-state index in [1.165, 1.54) is 12.1 Å². The lowest BCUT2D eigenvalue weighted by molar-refractivity contribution is -0.149. The lowest BCUT2D eigenvalue weighted by Gasteiger charge is -2.36. The van der Waals surface area contributed by atoms with E-state index in [2.05, 4.69) is 50.5 Å². The molecule has 0 saturated carbocycles. The maximum Gasteiger partial charge on any atom is 0.312 e. The Hall–Kier alpha value is -1.63. The third-order valence-electron chi connectivity index (χ3n) is 8.06. The molecule has 2 heterocycles. The highest BCUT2D eigenvalue weighted by atomic mass is 35.5. The fraction of sp³-hybridized carbons (Fsp3) is 0.771. The zero-order valence-electron chi connectivity index (χ0n) is 27.9. The number of benzene rings is 1. The lowest BCUT2D eigenvalue weighted by Crippen LogP contribution is -2.47. The van der Waals surface area contributed by atoms with E-state index in [9.17, 15) is 9.59 Å². The molecule has 6 nitrogen and oxygen atoms in total. The number of hydrogen-bond acceptors (Lipinski definition) is 6. The van der Waals surface area contributed by atoms with Crippen molar-refractivity contribution in [2.45, 2.75) is 119 Å². The van der Waals surface area contributed by atoms with Gasteiger partial charge in [-0.25, -0.2) is 0 Å². The molecule has 2 unspecified atom stereocenters. The van der Waals surface area contributed by atoms with Gasteiger partial charge in [-0.05, 0) is 63.1 Å². The number of cyclic esters (lactones) is 1. The van der Waals surface area contributed by atoms with Crippen molar-refractivity contribution in [3.05, 3.63) is 29.3 Å². The Bertz CT molecular complexity index is 872. The average molecular weight is 609 g/mol. The van der Waals surface area contributed by atoms with Crippen molar-refractivity contribution in [2.75, 3.05) is 50.8 Å². The van der Waals surface area contributed by atoms with Crippen LogP contribution in [0.25, 0.3) is 0 Å². The van der Waals surface area contributed by atoms with Crippen molar-refractivity contribution in [3.63, 3.8) is 0 Å². The Balaban J connectivity index is 0.000000524. The molecule has 242 valence electrons. The first kappa shape index (κ1) is 38.4. The summed E-state index contributed by atoms with van der Waals surface area (Å²) in [7, 11) is 0. The van der Waals surface area contributed by atoms with E-state index in [4.69, 9.17) is 21.1 Å². The SMILES string of the molecule is CCC(C)=O.CCCCC1(CCC)CC(CCN2CCN(c3cccc(Cl)c3)CC2)OC1=O.CCCOCCC(C)C. The zero-order valence-corrected chi connectivity index (χ0v) is 28.6. The summed E-state index contributed by atoms with van der Waals surface area (Å²) in [6, 6.07) is 8.10. The number of piperazine rings is 1. The highest BCUT2D eigenvalue weighted by molar-refractivity contribution is 6.30. The molecule has 1 aromatic rings. The largest absolute Gasteiger partial charge is 0.462 e. The number of carbonyl (C=O) groups excluding carboxylic acids is 2. The average Bonchev–Trinajstić information content (AvgIpc) is 3.28. The number of Topliss-reactive ketones (excluding diaryl/α,β-unsaturated/α-hetero) is 1. The molecular formula is C35H61ClN2O4. The van der Waals surface area contributed by atoms with Crippen molar-refractivity contribution in [1.82, 2.24) is 4.90 Å². The summed E-state index contributed by atoms with van der Waals surface area (Å²) in [5.41, 5.74) is 0.998. The van der Waals surface area contributed by atoms with Crippen LogP contribution >= 0.6 is 11.6 Å². The van der Waals surface area contributed by atoms with Crippen molar-refractivity contribution in [1.29, 1.82) is 0 Å². The minimum absolute atomic E-state index is 0.0681. The molecule has 0 spiro atoms. The molecule has 0 radical (unpaired) electrons. The molecule has 42 heavy (non-hydrogen) atoms. The van der Waals surface area contributed by atoms with Gasteiger partial charge in [0.1, 0.15) is 11.9 Å². The summed E-state index contributed by atoms with van der Waals surface area (Å²) in [6.45, 7) is 21.4. The normalized spacial score (nSPS) is 20.5. The molecule has 0 aromatic heterocycles. The van der Waals surface area contributed by atoms with Crippen molar-refractivity contribution < 1.29 is 19.1 Å². The highest BCUT2D eigenvalue weighted by Gasteiger charge is 2.47. The van der Waals surface area contributed by atoms with E-state index < -0.39 is 0 Å². The van der Waals surface area contributed by atoms with Crippen molar-refractivity contribution in [3.8, 4) is 0 Å². The second-order valence-corrected chi connectivity index (χ2v) is 12.7. The molecule has 1 aromatic carbocycles. The summed E-state index contributed by atoms with van der Waals surface area (Å²) in [5, 5.41) is 0.793. The number of anilines is 1. The number of ketones is 1. The van der Waals surface area contributed by atoms with Crippen LogP contribution < -0.4 is 4.90 Å². The third kappa shape index (κ3) is 15.2. The first-order chi connectivity index (χ1) is 20.1. The van der Waals surface area contributed by atoms with Gasteiger partial charge in [0.15, 0.2) is 0 Å². The molecule has 0 N–H and O–H groups in total. The molecule has 0 aliphatic carbocycles. The van der Waals surface area contributed by atoms with Gasteiger partial charge in [0.25, 0.3) is 0 Å². The van der Waals surface area contributed by atoms with Crippen LogP contribution in [0.2, 0.25) is 5.02 Å². The van der Waals surface area contributed by atoms with Gasteiger partial charge in [-0.15, -0.1) is 0 Å². The molecule has 2 aliphatic rings. The van der Waals surface area contributed by atoms with Crippen LogP contribution in [0.15, 0.2) is 24.3 Å². The zero-order chi connectivity index (χ0) is 31.4.